The van der Waals surface area contributed by atoms with Crippen molar-refractivity contribution < 1.29 is 19.2 Å². The summed E-state index contributed by atoms with van der Waals surface area (Å²) < 4.78 is 0. The second kappa shape index (κ2) is 6.86. The van der Waals surface area contributed by atoms with Crippen LogP contribution in [-0.2, 0) is 19.2 Å². The number of carbonyl (C=O) groups excluding carboxylic acids is 4. The molecular weight excluding hydrogens is 455 g/mol. The van der Waals surface area contributed by atoms with Crippen LogP contribution in [0.1, 0.15) is 23.2 Å². The van der Waals surface area contributed by atoms with Gasteiger partial charge in [-0.2, -0.15) is 0 Å². The van der Waals surface area contributed by atoms with Crippen molar-refractivity contribution in [3.8, 4) is 0 Å². The zero-order valence-corrected chi connectivity index (χ0v) is 17.9. The first kappa shape index (κ1) is 19.9. The van der Waals surface area contributed by atoms with E-state index in [1.54, 1.807) is 58.5 Å². The third kappa shape index (κ3) is 2.58. The second-order valence-electron chi connectivity index (χ2n) is 8.40. The summed E-state index contributed by atoms with van der Waals surface area (Å²) in [5, 5.41) is 9.45. The van der Waals surface area contributed by atoms with E-state index < -0.39 is 59.6 Å². The van der Waals surface area contributed by atoms with E-state index in [2.05, 4.69) is 10.6 Å². The maximum atomic E-state index is 12.9. The minimum atomic E-state index is -0.838. The van der Waals surface area contributed by atoms with Gasteiger partial charge in [-0.25, -0.2) is 10.0 Å². The molecule has 4 aliphatic heterocycles. The monoisotopic (exact) mass is 470 g/mol. The molecule has 4 heterocycles. The van der Waals surface area contributed by atoms with Crippen molar-refractivity contribution in [2.75, 3.05) is 0 Å². The van der Waals surface area contributed by atoms with E-state index in [4.69, 9.17) is 23.2 Å². The molecule has 0 unspecified atom stereocenters. The standard InChI is InChI=1S/C22H16Cl2N4O4/c23-11-5-1-9(2-6-11)15-13-17(21(31)25-19(13)29)28-16(10-3-7-12(24)8-4-10)14-18(27(15)28)22(32)26-20(14)30/h1-8,13-18H,(H,25,29,31)(H,26,30,32)/t13-,14-,15-,16+,17-,18-/m0/s1. The van der Waals surface area contributed by atoms with Crippen LogP contribution < -0.4 is 10.6 Å². The number of rotatable bonds is 2. The molecule has 6 atom stereocenters. The van der Waals surface area contributed by atoms with Gasteiger partial charge in [-0.05, 0) is 35.4 Å². The van der Waals surface area contributed by atoms with Gasteiger partial charge in [0.25, 0.3) is 0 Å². The molecule has 162 valence electrons. The Morgan fingerprint density at radius 3 is 1.22 bits per heavy atom. The van der Waals surface area contributed by atoms with Gasteiger partial charge in [-0.3, -0.25) is 29.8 Å². The normalized spacial score (nSPS) is 33.8. The number of hydrogen-bond acceptors (Lipinski definition) is 6. The van der Waals surface area contributed by atoms with Crippen molar-refractivity contribution in [3.05, 3.63) is 69.7 Å². The molecule has 8 nitrogen and oxygen atoms in total. The summed E-state index contributed by atoms with van der Waals surface area (Å²) in [6, 6.07) is 11.0. The summed E-state index contributed by atoms with van der Waals surface area (Å²) in [4.78, 5) is 51.6. The number of imide groups is 2. The highest BCUT2D eigenvalue weighted by molar-refractivity contribution is 6.30. The fourth-order valence-corrected chi connectivity index (χ4v) is 5.91. The molecule has 4 fully saturated rings. The Kier molecular flexibility index (Phi) is 4.26. The summed E-state index contributed by atoms with van der Waals surface area (Å²) >= 11 is 12.1. The molecule has 0 saturated carbocycles. The number of nitrogens with zero attached hydrogens (tertiary/aromatic N) is 2. The van der Waals surface area contributed by atoms with Crippen LogP contribution in [0.3, 0.4) is 0 Å². The van der Waals surface area contributed by atoms with E-state index in [0.717, 1.165) is 11.1 Å². The fourth-order valence-electron chi connectivity index (χ4n) is 5.66. The number of carbonyl (C=O) groups is 4. The number of amides is 4. The maximum absolute atomic E-state index is 12.9. The van der Waals surface area contributed by atoms with E-state index in [-0.39, 0.29) is 0 Å². The predicted octanol–water partition coefficient (Wildman–Crippen LogP) is 1.60. The van der Waals surface area contributed by atoms with Crippen molar-refractivity contribution in [2.45, 2.75) is 24.2 Å². The molecule has 10 heteroatoms. The van der Waals surface area contributed by atoms with Gasteiger partial charge in [0, 0.05) is 10.0 Å². The Labute approximate surface area is 192 Å². The van der Waals surface area contributed by atoms with Crippen molar-refractivity contribution in [1.82, 2.24) is 20.7 Å². The van der Waals surface area contributed by atoms with Crippen LogP contribution in [0.15, 0.2) is 48.5 Å². The van der Waals surface area contributed by atoms with Crippen molar-refractivity contribution in [2.24, 2.45) is 11.8 Å². The Bertz CT molecular complexity index is 1090. The molecule has 0 spiro atoms. The lowest BCUT2D eigenvalue weighted by atomic mass is 9.84. The number of nitrogens with one attached hydrogen (secondary N) is 2. The van der Waals surface area contributed by atoms with Gasteiger partial charge in [-0.15, -0.1) is 0 Å². The highest BCUT2D eigenvalue weighted by Gasteiger charge is 2.71. The zero-order chi connectivity index (χ0) is 22.3. The Morgan fingerprint density at radius 2 is 0.875 bits per heavy atom. The SMILES string of the molecule is O=C1NC(=O)[C@@H]2[C@@H]1[C@@H](c1ccc(Cl)cc1)N1[C@@H]3C(=O)NC(=O)[C@H]3[C@H](c3ccc(Cl)cc3)N21. The lowest BCUT2D eigenvalue weighted by molar-refractivity contribution is -0.139. The molecule has 4 amide bonds. The van der Waals surface area contributed by atoms with Gasteiger partial charge >= 0.3 is 0 Å². The third-order valence-electron chi connectivity index (χ3n) is 6.83. The summed E-state index contributed by atoms with van der Waals surface area (Å²) in [5.41, 5.74) is 1.47. The number of halogens is 2. The highest BCUT2D eigenvalue weighted by Crippen LogP contribution is 2.57. The smallest absolute Gasteiger partial charge is 0.246 e. The van der Waals surface area contributed by atoms with Crippen LogP contribution in [0.5, 0.6) is 0 Å². The first-order chi connectivity index (χ1) is 15.4. The topological polar surface area (TPSA) is 98.8 Å². The fraction of sp³-hybridized carbons (Fsp3) is 0.273. The summed E-state index contributed by atoms with van der Waals surface area (Å²) in [6.07, 6.45) is 0. The van der Waals surface area contributed by atoms with Gasteiger partial charge in [0.1, 0.15) is 12.1 Å². The lowest BCUT2D eigenvalue weighted by Crippen LogP contribution is -2.48. The van der Waals surface area contributed by atoms with Crippen LogP contribution in [0.4, 0.5) is 0 Å². The van der Waals surface area contributed by atoms with Gasteiger partial charge in [0.15, 0.2) is 0 Å². The first-order valence-corrected chi connectivity index (χ1v) is 10.9. The number of benzene rings is 2. The molecule has 4 saturated heterocycles. The third-order valence-corrected chi connectivity index (χ3v) is 7.33. The molecule has 32 heavy (non-hydrogen) atoms. The molecule has 0 aromatic heterocycles. The lowest BCUT2D eigenvalue weighted by Gasteiger charge is -2.33. The molecule has 2 aromatic rings. The largest absolute Gasteiger partial charge is 0.295 e. The van der Waals surface area contributed by atoms with Gasteiger partial charge in [0.2, 0.25) is 23.6 Å². The molecular formula is C22H16Cl2N4O4. The molecule has 4 aliphatic rings. The Balaban J connectivity index is 1.56. The maximum Gasteiger partial charge on any atom is 0.246 e. The molecule has 2 N–H and O–H groups in total. The Hall–Kier alpha value is -2.78. The average Bonchev–Trinajstić information content (AvgIpc) is 3.43. The van der Waals surface area contributed by atoms with E-state index in [1.165, 1.54) is 0 Å². The van der Waals surface area contributed by atoms with E-state index in [1.807, 2.05) is 0 Å². The number of hydrazine groups is 1. The summed E-state index contributed by atoms with van der Waals surface area (Å²) in [5.74, 6) is -3.14. The molecule has 2 aromatic carbocycles. The van der Waals surface area contributed by atoms with E-state index in [9.17, 15) is 19.2 Å². The molecule has 0 bridgehead atoms. The first-order valence-electron chi connectivity index (χ1n) is 10.1. The van der Waals surface area contributed by atoms with Crippen LogP contribution >= 0.6 is 23.2 Å². The van der Waals surface area contributed by atoms with Crippen LogP contribution in [0, 0.1) is 11.8 Å². The zero-order valence-electron chi connectivity index (χ0n) is 16.4. The van der Waals surface area contributed by atoms with Gasteiger partial charge in [-0.1, -0.05) is 47.5 Å². The quantitative estimate of drug-likeness (QED) is 0.646. The van der Waals surface area contributed by atoms with Crippen LogP contribution in [0.2, 0.25) is 10.0 Å². The second-order valence-corrected chi connectivity index (χ2v) is 9.27. The minimum absolute atomic E-state index is 0.398. The van der Waals surface area contributed by atoms with Crippen LogP contribution in [0.25, 0.3) is 0 Å². The molecule has 0 radical (unpaired) electrons. The van der Waals surface area contributed by atoms with Gasteiger partial charge in [0.05, 0.1) is 23.9 Å². The van der Waals surface area contributed by atoms with Crippen molar-refractivity contribution in [3.63, 3.8) is 0 Å². The van der Waals surface area contributed by atoms with Crippen LogP contribution in [-0.4, -0.2) is 45.7 Å². The van der Waals surface area contributed by atoms with Crippen molar-refractivity contribution >= 4 is 46.8 Å². The Morgan fingerprint density at radius 1 is 0.531 bits per heavy atom. The molecule has 0 aliphatic carbocycles. The number of fused-ring (bicyclic) bond motifs is 5. The number of hydrogen-bond donors (Lipinski definition) is 2. The average molecular weight is 471 g/mol. The van der Waals surface area contributed by atoms with E-state index >= 15 is 0 Å². The van der Waals surface area contributed by atoms with Crippen molar-refractivity contribution in [1.29, 1.82) is 0 Å². The minimum Gasteiger partial charge on any atom is -0.295 e. The van der Waals surface area contributed by atoms with E-state index in [0.29, 0.717) is 10.0 Å². The predicted molar refractivity (Wildman–Crippen MR) is 113 cm³/mol. The summed E-state index contributed by atoms with van der Waals surface area (Å²) in [7, 11) is 0. The highest BCUT2D eigenvalue weighted by atomic mass is 35.5. The summed E-state index contributed by atoms with van der Waals surface area (Å²) in [6.45, 7) is 0. The molecule has 6 rings (SSSR count). The van der Waals surface area contributed by atoms with Gasteiger partial charge < -0.3 is 0 Å².